The molecular weight excluding hydrogens is 204 g/mol. The summed E-state index contributed by atoms with van der Waals surface area (Å²) in [6, 6.07) is 10.8. The monoisotopic (exact) mass is 214 g/mol. The number of fused-ring (bicyclic) bond motifs is 1. The third-order valence-corrected chi connectivity index (χ3v) is 2.14. The smallest absolute Gasteiger partial charge is 0.232 e. The highest BCUT2D eigenvalue weighted by molar-refractivity contribution is 5.92. The molecule has 0 saturated carbocycles. The molecule has 0 atom stereocenters. The molecule has 0 spiro atoms. The topological polar surface area (TPSA) is 94.8 Å². The number of hydrogen-bond acceptors (Lipinski definition) is 3. The van der Waals surface area contributed by atoms with Gasteiger partial charge in [0.2, 0.25) is 5.96 Å². The van der Waals surface area contributed by atoms with Gasteiger partial charge in [0.05, 0.1) is 0 Å². The Bertz CT molecular complexity index is 577. The van der Waals surface area contributed by atoms with Gasteiger partial charge in [-0.2, -0.15) is 0 Å². The van der Waals surface area contributed by atoms with Crippen LogP contribution in [0, 0.1) is 5.41 Å². The number of azo groups is 1. The minimum absolute atomic E-state index is 0.0445. The summed E-state index contributed by atoms with van der Waals surface area (Å²) in [5.41, 5.74) is 5.34. The molecule has 80 valence electrons. The van der Waals surface area contributed by atoms with Crippen molar-refractivity contribution in [2.24, 2.45) is 16.0 Å². The van der Waals surface area contributed by atoms with Crippen molar-refractivity contribution in [3.8, 4) is 5.75 Å². The number of hydrogen-bond donors (Lipinski definition) is 3. The van der Waals surface area contributed by atoms with Gasteiger partial charge < -0.3 is 10.8 Å². The zero-order valence-corrected chi connectivity index (χ0v) is 8.38. The Morgan fingerprint density at radius 2 is 1.94 bits per heavy atom. The van der Waals surface area contributed by atoms with Crippen molar-refractivity contribution < 1.29 is 5.11 Å². The van der Waals surface area contributed by atoms with E-state index in [0.717, 1.165) is 5.39 Å². The summed E-state index contributed by atoms with van der Waals surface area (Å²) in [6.07, 6.45) is 0. The average molecular weight is 214 g/mol. The summed E-state index contributed by atoms with van der Waals surface area (Å²) >= 11 is 0. The van der Waals surface area contributed by atoms with Crippen molar-refractivity contribution in [3.63, 3.8) is 0 Å². The largest absolute Gasteiger partial charge is 0.505 e. The van der Waals surface area contributed by atoms with Gasteiger partial charge in [0.15, 0.2) is 5.75 Å². The zero-order valence-electron chi connectivity index (χ0n) is 8.38. The number of rotatable bonds is 1. The van der Waals surface area contributed by atoms with E-state index in [0.29, 0.717) is 11.1 Å². The van der Waals surface area contributed by atoms with Crippen molar-refractivity contribution in [2.75, 3.05) is 0 Å². The van der Waals surface area contributed by atoms with E-state index < -0.39 is 5.96 Å². The SMILES string of the molecule is N=C(N)N=Nc1ccc2ccccc2c1O. The van der Waals surface area contributed by atoms with Crippen LogP contribution >= 0.6 is 0 Å². The summed E-state index contributed by atoms with van der Waals surface area (Å²) < 4.78 is 0. The molecule has 0 saturated heterocycles. The second kappa shape index (κ2) is 3.98. The van der Waals surface area contributed by atoms with Crippen molar-refractivity contribution in [3.05, 3.63) is 36.4 Å². The quantitative estimate of drug-likeness (QED) is 0.386. The fourth-order valence-electron chi connectivity index (χ4n) is 1.43. The van der Waals surface area contributed by atoms with Gasteiger partial charge >= 0.3 is 0 Å². The summed E-state index contributed by atoms with van der Waals surface area (Å²) in [5.74, 6) is -0.351. The Balaban J connectivity index is 2.56. The first-order chi connectivity index (χ1) is 7.68. The first kappa shape index (κ1) is 10.1. The minimum Gasteiger partial charge on any atom is -0.505 e. The highest BCUT2D eigenvalue weighted by Gasteiger charge is 2.04. The molecule has 0 amide bonds. The second-order valence-electron chi connectivity index (χ2n) is 3.24. The number of benzene rings is 2. The van der Waals surface area contributed by atoms with Gasteiger partial charge in [0.25, 0.3) is 0 Å². The molecule has 0 unspecified atom stereocenters. The maximum Gasteiger partial charge on any atom is 0.232 e. The molecule has 0 aromatic heterocycles. The van der Waals surface area contributed by atoms with Crippen LogP contribution in [0.3, 0.4) is 0 Å². The Labute approximate surface area is 91.7 Å². The predicted octanol–water partition coefficient (Wildman–Crippen LogP) is 2.52. The lowest BCUT2D eigenvalue weighted by Gasteiger charge is -2.02. The molecule has 5 heteroatoms. The van der Waals surface area contributed by atoms with E-state index in [-0.39, 0.29) is 5.75 Å². The van der Waals surface area contributed by atoms with Crippen molar-refractivity contribution in [1.82, 2.24) is 0 Å². The highest BCUT2D eigenvalue weighted by atomic mass is 16.3. The third kappa shape index (κ3) is 1.83. The number of guanidine groups is 1. The summed E-state index contributed by atoms with van der Waals surface area (Å²) in [6.45, 7) is 0. The fourth-order valence-corrected chi connectivity index (χ4v) is 1.43. The van der Waals surface area contributed by atoms with Crippen LogP contribution in [0.25, 0.3) is 10.8 Å². The lowest BCUT2D eigenvalue weighted by atomic mass is 10.1. The molecule has 16 heavy (non-hydrogen) atoms. The second-order valence-corrected chi connectivity index (χ2v) is 3.24. The average Bonchev–Trinajstić information content (AvgIpc) is 2.28. The molecule has 2 aromatic rings. The standard InChI is InChI=1S/C11H10N4O/c12-11(13)15-14-9-6-5-7-3-1-2-4-8(7)10(9)16/h1-6,16H,(H3,12,13). The number of phenolic OH excluding ortho intramolecular Hbond substituents is 1. The van der Waals surface area contributed by atoms with E-state index in [9.17, 15) is 5.11 Å². The maximum absolute atomic E-state index is 9.90. The van der Waals surface area contributed by atoms with Crippen molar-refractivity contribution >= 4 is 22.4 Å². The molecule has 0 radical (unpaired) electrons. The maximum atomic E-state index is 9.90. The summed E-state index contributed by atoms with van der Waals surface area (Å²) in [7, 11) is 0. The molecule has 0 aliphatic heterocycles. The van der Waals surface area contributed by atoms with Gasteiger partial charge in [-0.25, -0.2) is 0 Å². The van der Waals surface area contributed by atoms with E-state index in [4.69, 9.17) is 11.1 Å². The molecule has 0 fully saturated rings. The first-order valence-electron chi connectivity index (χ1n) is 4.65. The van der Waals surface area contributed by atoms with Crippen molar-refractivity contribution in [1.29, 1.82) is 5.41 Å². The number of nitrogens with zero attached hydrogens (tertiary/aromatic N) is 2. The van der Waals surface area contributed by atoms with Gasteiger partial charge in [-0.15, -0.1) is 10.2 Å². The summed E-state index contributed by atoms with van der Waals surface area (Å²) in [5, 5.41) is 25.5. The van der Waals surface area contributed by atoms with Crippen LogP contribution in [0.15, 0.2) is 46.6 Å². The van der Waals surface area contributed by atoms with Crippen LogP contribution in [-0.4, -0.2) is 11.1 Å². The number of phenols is 1. The van der Waals surface area contributed by atoms with Crippen LogP contribution in [0.2, 0.25) is 0 Å². The van der Waals surface area contributed by atoms with Gasteiger partial charge in [-0.05, 0) is 11.5 Å². The molecule has 5 nitrogen and oxygen atoms in total. The number of nitrogens with one attached hydrogen (secondary N) is 1. The fraction of sp³-hybridized carbons (Fsp3) is 0. The molecular formula is C11H10N4O. The number of nitrogens with two attached hydrogens (primary N) is 1. The van der Waals surface area contributed by atoms with Gasteiger partial charge in [0.1, 0.15) is 5.69 Å². The Morgan fingerprint density at radius 3 is 2.69 bits per heavy atom. The predicted molar refractivity (Wildman–Crippen MR) is 62.0 cm³/mol. The van der Waals surface area contributed by atoms with Gasteiger partial charge in [-0.3, -0.25) is 5.41 Å². The van der Waals surface area contributed by atoms with E-state index in [1.165, 1.54) is 0 Å². The lowest BCUT2D eigenvalue weighted by Crippen LogP contribution is -2.03. The van der Waals surface area contributed by atoms with Crippen LogP contribution in [0.5, 0.6) is 5.75 Å². The molecule has 0 heterocycles. The van der Waals surface area contributed by atoms with Crippen LogP contribution < -0.4 is 5.73 Å². The Kier molecular flexibility index (Phi) is 2.51. The first-order valence-corrected chi connectivity index (χ1v) is 4.65. The molecule has 2 rings (SSSR count). The normalized spacial score (nSPS) is 11.0. The molecule has 0 aliphatic rings. The highest BCUT2D eigenvalue weighted by Crippen LogP contribution is 2.34. The van der Waals surface area contributed by atoms with E-state index in [2.05, 4.69) is 10.2 Å². The third-order valence-electron chi connectivity index (χ3n) is 2.14. The minimum atomic E-state index is -0.396. The van der Waals surface area contributed by atoms with Crippen LogP contribution in [0.1, 0.15) is 0 Å². The van der Waals surface area contributed by atoms with Crippen molar-refractivity contribution in [2.45, 2.75) is 0 Å². The van der Waals surface area contributed by atoms with Crippen LogP contribution in [-0.2, 0) is 0 Å². The lowest BCUT2D eigenvalue weighted by molar-refractivity contribution is 0.482. The van der Waals surface area contributed by atoms with Gasteiger partial charge in [0, 0.05) is 5.39 Å². The van der Waals surface area contributed by atoms with E-state index in [1.807, 2.05) is 24.3 Å². The van der Waals surface area contributed by atoms with E-state index >= 15 is 0 Å². The van der Waals surface area contributed by atoms with Crippen LogP contribution in [0.4, 0.5) is 5.69 Å². The number of aromatic hydroxyl groups is 1. The Hall–Kier alpha value is -2.43. The van der Waals surface area contributed by atoms with E-state index in [1.54, 1.807) is 12.1 Å². The Morgan fingerprint density at radius 1 is 1.19 bits per heavy atom. The zero-order chi connectivity index (χ0) is 11.5. The summed E-state index contributed by atoms with van der Waals surface area (Å²) in [4.78, 5) is 0. The van der Waals surface area contributed by atoms with Gasteiger partial charge in [-0.1, -0.05) is 30.3 Å². The molecule has 0 aliphatic carbocycles. The molecule has 0 bridgehead atoms. The molecule has 2 aromatic carbocycles. The molecule has 4 N–H and O–H groups in total.